The fourth-order valence-electron chi connectivity index (χ4n) is 2.66. The van der Waals surface area contributed by atoms with Crippen LogP contribution in [-0.2, 0) is 6.61 Å². The van der Waals surface area contributed by atoms with Crippen molar-refractivity contribution in [2.24, 2.45) is 5.10 Å². The molecule has 0 saturated carbocycles. The van der Waals surface area contributed by atoms with Gasteiger partial charge in [-0.1, -0.05) is 52.7 Å². The highest BCUT2D eigenvalue weighted by molar-refractivity contribution is 14.1. The van der Waals surface area contributed by atoms with Gasteiger partial charge in [0.2, 0.25) is 5.13 Å². The molecule has 3 aromatic carbocycles. The maximum absolute atomic E-state index is 6.24. The molecule has 1 aromatic heterocycles. The summed E-state index contributed by atoms with van der Waals surface area (Å²) in [6, 6.07) is 17.4. The van der Waals surface area contributed by atoms with Crippen LogP contribution in [0.3, 0.4) is 0 Å². The molecule has 1 heterocycles. The summed E-state index contributed by atoms with van der Waals surface area (Å²) in [5.74, 6) is 0.818. The third-order valence-electron chi connectivity index (χ3n) is 4.08. The Morgan fingerprint density at radius 3 is 2.57 bits per heavy atom. The van der Waals surface area contributed by atoms with E-state index in [4.69, 9.17) is 27.9 Å². The molecule has 0 spiro atoms. The molecule has 0 radical (unpaired) electrons. The first kappa shape index (κ1) is 22.1. The van der Waals surface area contributed by atoms with E-state index in [1.807, 2.05) is 42.5 Å². The summed E-state index contributed by atoms with van der Waals surface area (Å²) in [6.45, 7) is 0.370. The number of rotatable bonds is 6. The zero-order chi connectivity index (χ0) is 21.1. The number of hydrogen-bond acceptors (Lipinski definition) is 5. The van der Waals surface area contributed by atoms with Crippen LogP contribution in [0.1, 0.15) is 11.1 Å². The Labute approximate surface area is 214 Å². The second-order valence-corrected chi connectivity index (χ2v) is 10.4. The summed E-state index contributed by atoms with van der Waals surface area (Å²) in [6.07, 6.45) is 1.77. The number of ether oxygens (including phenoxy) is 1. The number of halogens is 4. The molecular weight excluding hydrogens is 667 g/mol. The van der Waals surface area contributed by atoms with Crippen LogP contribution < -0.4 is 10.2 Å². The quantitative estimate of drug-likeness (QED) is 0.128. The van der Waals surface area contributed by atoms with E-state index in [-0.39, 0.29) is 0 Å². The van der Waals surface area contributed by atoms with Crippen LogP contribution in [-0.4, -0.2) is 11.2 Å². The zero-order valence-corrected chi connectivity index (χ0v) is 21.8. The fraction of sp³-hybridized carbons (Fsp3) is 0.0476. The van der Waals surface area contributed by atoms with Gasteiger partial charge < -0.3 is 4.74 Å². The maximum Gasteiger partial charge on any atom is 0.204 e. The van der Waals surface area contributed by atoms with Crippen molar-refractivity contribution in [3.05, 3.63) is 82.9 Å². The first-order chi connectivity index (χ1) is 14.5. The summed E-state index contributed by atoms with van der Waals surface area (Å²) in [5, 5.41) is 6.29. The molecule has 4 rings (SSSR count). The average Bonchev–Trinajstić information content (AvgIpc) is 3.11. The van der Waals surface area contributed by atoms with Gasteiger partial charge in [0.25, 0.3) is 0 Å². The molecular formula is C21H13Cl2I2N3OS. The number of benzene rings is 3. The second kappa shape index (κ2) is 9.99. The molecule has 1 N–H and O–H groups in total. The molecule has 0 unspecified atom stereocenters. The van der Waals surface area contributed by atoms with Crippen molar-refractivity contribution < 1.29 is 4.74 Å². The van der Waals surface area contributed by atoms with Crippen LogP contribution in [0.5, 0.6) is 5.75 Å². The Balaban J connectivity index is 1.44. The van der Waals surface area contributed by atoms with E-state index >= 15 is 0 Å². The lowest BCUT2D eigenvalue weighted by Gasteiger charge is -2.12. The van der Waals surface area contributed by atoms with E-state index in [1.165, 1.54) is 0 Å². The van der Waals surface area contributed by atoms with E-state index in [2.05, 4.69) is 60.7 Å². The monoisotopic (exact) mass is 679 g/mol. The largest absolute Gasteiger partial charge is 0.487 e. The standard InChI is InChI=1S/C21H13Cl2I2N3OS/c22-14-6-5-13(15(23)9-14)11-29-20-16(24)7-12(8-17(20)25)10-26-28-21-27-18-3-1-2-4-19(18)30-21/h1-10H,11H2,(H,27,28)/b26-10-. The Kier molecular flexibility index (Phi) is 7.35. The molecule has 0 fully saturated rings. The summed E-state index contributed by atoms with van der Waals surface area (Å²) >= 11 is 18.3. The molecule has 0 aliphatic rings. The predicted octanol–water partition coefficient (Wildman–Crippen LogP) is 7.84. The third-order valence-corrected chi connectivity index (χ3v) is 7.21. The molecule has 0 amide bonds. The molecule has 0 atom stereocenters. The molecule has 4 aromatic rings. The highest BCUT2D eigenvalue weighted by Gasteiger charge is 2.10. The van der Waals surface area contributed by atoms with E-state index < -0.39 is 0 Å². The molecule has 9 heteroatoms. The fourth-order valence-corrected chi connectivity index (χ4v) is 6.07. The topological polar surface area (TPSA) is 46.5 Å². The van der Waals surface area contributed by atoms with Gasteiger partial charge in [-0.15, -0.1) is 0 Å². The van der Waals surface area contributed by atoms with Gasteiger partial charge in [0.15, 0.2) is 0 Å². The molecule has 152 valence electrons. The zero-order valence-electron chi connectivity index (χ0n) is 15.2. The summed E-state index contributed by atoms with van der Waals surface area (Å²) < 4.78 is 9.14. The molecule has 0 aliphatic carbocycles. The van der Waals surface area contributed by atoms with E-state index in [1.54, 1.807) is 29.7 Å². The Morgan fingerprint density at radius 1 is 1.07 bits per heavy atom. The second-order valence-electron chi connectivity index (χ2n) is 6.19. The number of thiazole rings is 1. The Bertz CT molecular complexity index is 1190. The van der Waals surface area contributed by atoms with Gasteiger partial charge >= 0.3 is 0 Å². The van der Waals surface area contributed by atoms with Crippen LogP contribution in [0, 0.1) is 7.14 Å². The molecule has 4 nitrogen and oxygen atoms in total. The van der Waals surface area contributed by atoms with Crippen LogP contribution in [0.15, 0.2) is 59.7 Å². The molecule has 0 bridgehead atoms. The van der Waals surface area contributed by atoms with E-state index in [0.29, 0.717) is 16.7 Å². The Morgan fingerprint density at radius 2 is 1.83 bits per heavy atom. The van der Waals surface area contributed by atoms with Gasteiger partial charge in [0.05, 0.1) is 23.6 Å². The lowest BCUT2D eigenvalue weighted by atomic mass is 10.2. The normalized spacial score (nSPS) is 11.3. The van der Waals surface area contributed by atoms with E-state index in [0.717, 1.165) is 39.4 Å². The first-order valence-corrected chi connectivity index (χ1v) is 12.4. The number of nitrogens with zero attached hydrogens (tertiary/aromatic N) is 2. The average molecular weight is 680 g/mol. The van der Waals surface area contributed by atoms with Gasteiger partial charge in [-0.2, -0.15) is 5.10 Å². The molecule has 0 saturated heterocycles. The summed E-state index contributed by atoms with van der Waals surface area (Å²) in [4.78, 5) is 4.51. The highest BCUT2D eigenvalue weighted by atomic mass is 127. The lowest BCUT2D eigenvalue weighted by molar-refractivity contribution is 0.302. The number of hydrazone groups is 1. The number of hydrogen-bond donors (Lipinski definition) is 1. The minimum absolute atomic E-state index is 0.370. The lowest BCUT2D eigenvalue weighted by Crippen LogP contribution is -2.01. The number of para-hydroxylation sites is 1. The van der Waals surface area contributed by atoms with Crippen molar-refractivity contribution in [2.45, 2.75) is 6.61 Å². The van der Waals surface area contributed by atoms with Crippen LogP contribution in [0.2, 0.25) is 10.0 Å². The van der Waals surface area contributed by atoms with Gasteiger partial charge in [-0.25, -0.2) is 4.98 Å². The van der Waals surface area contributed by atoms with Crippen molar-refractivity contribution in [3.63, 3.8) is 0 Å². The van der Waals surface area contributed by atoms with Gasteiger partial charge in [0, 0.05) is 15.6 Å². The smallest absolute Gasteiger partial charge is 0.204 e. The SMILES string of the molecule is Clc1ccc(COc2c(I)cc(/C=N\Nc3nc4ccccc4s3)cc2I)c(Cl)c1. The minimum Gasteiger partial charge on any atom is -0.487 e. The van der Waals surface area contributed by atoms with Crippen LogP contribution in [0.4, 0.5) is 5.13 Å². The number of aromatic nitrogens is 1. The van der Waals surface area contributed by atoms with Gasteiger partial charge in [0.1, 0.15) is 12.4 Å². The Hall–Kier alpha value is -1.14. The van der Waals surface area contributed by atoms with Crippen molar-refractivity contribution in [1.82, 2.24) is 4.98 Å². The number of nitrogens with one attached hydrogen (secondary N) is 1. The van der Waals surface area contributed by atoms with Gasteiger partial charge in [-0.3, -0.25) is 5.43 Å². The highest BCUT2D eigenvalue weighted by Crippen LogP contribution is 2.31. The van der Waals surface area contributed by atoms with Crippen molar-refractivity contribution in [1.29, 1.82) is 0 Å². The summed E-state index contributed by atoms with van der Waals surface area (Å²) in [5.41, 5.74) is 5.83. The minimum atomic E-state index is 0.370. The molecule has 0 aliphatic heterocycles. The number of fused-ring (bicyclic) bond motifs is 1. The molecule has 30 heavy (non-hydrogen) atoms. The third kappa shape index (κ3) is 5.37. The van der Waals surface area contributed by atoms with Crippen LogP contribution in [0.25, 0.3) is 10.2 Å². The van der Waals surface area contributed by atoms with E-state index in [9.17, 15) is 0 Å². The number of anilines is 1. The maximum atomic E-state index is 6.24. The van der Waals surface area contributed by atoms with Gasteiger partial charge in [-0.05, 0) is 87.1 Å². The first-order valence-electron chi connectivity index (χ1n) is 8.70. The van der Waals surface area contributed by atoms with Crippen molar-refractivity contribution in [2.75, 3.05) is 5.43 Å². The predicted molar refractivity (Wildman–Crippen MR) is 144 cm³/mol. The van der Waals surface area contributed by atoms with Crippen molar-refractivity contribution >= 4 is 101 Å². The summed E-state index contributed by atoms with van der Waals surface area (Å²) in [7, 11) is 0. The van der Waals surface area contributed by atoms with Crippen LogP contribution >= 0.6 is 79.7 Å². The van der Waals surface area contributed by atoms with Crippen molar-refractivity contribution in [3.8, 4) is 5.75 Å².